The molecule has 2 aromatic carbocycles. The lowest BCUT2D eigenvalue weighted by Crippen LogP contribution is -2.38. The molecule has 0 N–H and O–H groups in total. The van der Waals surface area contributed by atoms with E-state index >= 15 is 0 Å². The number of rotatable bonds is 3. The summed E-state index contributed by atoms with van der Waals surface area (Å²) in [5, 5.41) is 1.83. The van der Waals surface area contributed by atoms with E-state index in [1.54, 1.807) is 17.9 Å². The van der Waals surface area contributed by atoms with Crippen molar-refractivity contribution in [2.75, 3.05) is 13.1 Å². The molecule has 22 heavy (non-hydrogen) atoms. The Kier molecular flexibility index (Phi) is 4.09. The molecule has 0 spiro atoms. The molecule has 0 radical (unpaired) electrons. The van der Waals surface area contributed by atoms with E-state index in [4.69, 9.17) is 4.74 Å². The Morgan fingerprint density at radius 3 is 2.50 bits per heavy atom. The second-order valence-corrected chi connectivity index (χ2v) is 5.61. The van der Waals surface area contributed by atoms with Crippen LogP contribution in [0.5, 0.6) is 0 Å². The third-order valence-corrected chi connectivity index (χ3v) is 4.06. The van der Waals surface area contributed by atoms with E-state index in [-0.39, 0.29) is 5.91 Å². The molecule has 1 saturated heterocycles. The van der Waals surface area contributed by atoms with Crippen molar-refractivity contribution in [3.8, 4) is 0 Å². The topological polar surface area (TPSA) is 46.6 Å². The normalized spacial score (nSPS) is 15.8. The smallest absolute Gasteiger partial charge is 0.339 e. The molecule has 0 saturated carbocycles. The monoisotopic (exact) mass is 297 g/mol. The van der Waals surface area contributed by atoms with Crippen molar-refractivity contribution in [3.05, 3.63) is 48.0 Å². The van der Waals surface area contributed by atoms with Crippen LogP contribution in [0.2, 0.25) is 0 Å². The fourth-order valence-corrected chi connectivity index (χ4v) is 2.87. The van der Waals surface area contributed by atoms with E-state index < -0.39 is 12.1 Å². The van der Waals surface area contributed by atoms with Crippen LogP contribution >= 0.6 is 0 Å². The zero-order valence-electron chi connectivity index (χ0n) is 12.6. The maximum absolute atomic E-state index is 12.4. The third-order valence-electron chi connectivity index (χ3n) is 4.06. The largest absolute Gasteiger partial charge is 0.449 e. The first-order chi connectivity index (χ1) is 10.7. The average Bonchev–Trinajstić information content (AvgIpc) is 3.07. The Balaban J connectivity index is 1.77. The summed E-state index contributed by atoms with van der Waals surface area (Å²) in [6.07, 6.45) is 1.30. The number of fused-ring (bicyclic) bond motifs is 1. The molecule has 1 fully saturated rings. The molecule has 1 aliphatic rings. The van der Waals surface area contributed by atoms with Crippen molar-refractivity contribution in [3.63, 3.8) is 0 Å². The Morgan fingerprint density at radius 1 is 1.05 bits per heavy atom. The fourth-order valence-electron chi connectivity index (χ4n) is 2.87. The number of hydrogen-bond donors (Lipinski definition) is 0. The standard InChI is InChI=1S/C18H19NO3/c1-13(17(20)19-11-4-5-12-19)22-18(21)16-10-6-8-14-7-2-3-9-15(14)16/h2-3,6-10,13H,4-5,11-12H2,1H3/t13-/m0/s1. The number of likely N-dealkylation sites (tertiary alicyclic amines) is 1. The van der Waals surface area contributed by atoms with Crippen molar-refractivity contribution in [1.29, 1.82) is 0 Å². The molecule has 1 aliphatic heterocycles. The summed E-state index contributed by atoms with van der Waals surface area (Å²) in [6, 6.07) is 13.2. The number of carbonyl (C=O) groups excluding carboxylic acids is 2. The average molecular weight is 297 g/mol. The van der Waals surface area contributed by atoms with Gasteiger partial charge in [-0.1, -0.05) is 36.4 Å². The van der Waals surface area contributed by atoms with Crippen LogP contribution in [0.15, 0.2) is 42.5 Å². The molecule has 0 bridgehead atoms. The van der Waals surface area contributed by atoms with E-state index in [0.29, 0.717) is 5.56 Å². The van der Waals surface area contributed by atoms with Gasteiger partial charge in [-0.2, -0.15) is 0 Å². The van der Waals surface area contributed by atoms with Gasteiger partial charge in [0.1, 0.15) is 0 Å². The lowest BCUT2D eigenvalue weighted by Gasteiger charge is -2.20. The van der Waals surface area contributed by atoms with Gasteiger partial charge in [0, 0.05) is 13.1 Å². The van der Waals surface area contributed by atoms with E-state index in [1.165, 1.54) is 0 Å². The summed E-state index contributed by atoms with van der Waals surface area (Å²) in [5.74, 6) is -0.553. The van der Waals surface area contributed by atoms with E-state index in [0.717, 1.165) is 36.7 Å². The van der Waals surface area contributed by atoms with E-state index in [1.807, 2.05) is 36.4 Å². The molecule has 3 rings (SSSR count). The molecule has 0 unspecified atom stereocenters. The van der Waals surface area contributed by atoms with Crippen LogP contribution in [0.25, 0.3) is 10.8 Å². The molecule has 0 aromatic heterocycles. The van der Waals surface area contributed by atoms with Crippen LogP contribution in [0.4, 0.5) is 0 Å². The van der Waals surface area contributed by atoms with E-state index in [2.05, 4.69) is 0 Å². The second-order valence-electron chi connectivity index (χ2n) is 5.61. The maximum atomic E-state index is 12.4. The van der Waals surface area contributed by atoms with Crippen LogP contribution in [-0.4, -0.2) is 36.0 Å². The number of ether oxygens (including phenoxy) is 1. The van der Waals surface area contributed by atoms with Crippen LogP contribution in [0.3, 0.4) is 0 Å². The lowest BCUT2D eigenvalue weighted by molar-refractivity contribution is -0.138. The van der Waals surface area contributed by atoms with Gasteiger partial charge in [-0.05, 0) is 36.6 Å². The second kappa shape index (κ2) is 6.18. The number of benzene rings is 2. The van der Waals surface area contributed by atoms with Crippen LogP contribution < -0.4 is 0 Å². The van der Waals surface area contributed by atoms with Crippen molar-refractivity contribution < 1.29 is 14.3 Å². The first kappa shape index (κ1) is 14.6. The molecule has 1 amide bonds. The summed E-state index contributed by atoms with van der Waals surface area (Å²) >= 11 is 0. The first-order valence-corrected chi connectivity index (χ1v) is 7.64. The first-order valence-electron chi connectivity index (χ1n) is 7.64. The minimum absolute atomic E-state index is 0.105. The Hall–Kier alpha value is -2.36. The van der Waals surface area contributed by atoms with Gasteiger partial charge in [-0.3, -0.25) is 4.79 Å². The van der Waals surface area contributed by atoms with Gasteiger partial charge in [-0.15, -0.1) is 0 Å². The van der Waals surface area contributed by atoms with Crippen molar-refractivity contribution in [2.24, 2.45) is 0 Å². The summed E-state index contributed by atoms with van der Waals surface area (Å²) < 4.78 is 5.39. The minimum Gasteiger partial charge on any atom is -0.449 e. The van der Waals surface area contributed by atoms with Gasteiger partial charge in [0.15, 0.2) is 6.10 Å². The van der Waals surface area contributed by atoms with Crippen molar-refractivity contribution >= 4 is 22.6 Å². The minimum atomic E-state index is -0.746. The predicted molar refractivity (Wildman–Crippen MR) is 84.6 cm³/mol. The Bertz CT molecular complexity index is 699. The molecular formula is C18H19NO3. The predicted octanol–water partition coefficient (Wildman–Crippen LogP) is 3.01. The maximum Gasteiger partial charge on any atom is 0.339 e. The van der Waals surface area contributed by atoms with Gasteiger partial charge in [0.2, 0.25) is 0 Å². The molecule has 1 heterocycles. The highest BCUT2D eigenvalue weighted by atomic mass is 16.5. The van der Waals surface area contributed by atoms with Gasteiger partial charge in [-0.25, -0.2) is 4.79 Å². The number of amides is 1. The quantitative estimate of drug-likeness (QED) is 0.818. The molecule has 114 valence electrons. The number of esters is 1. The molecule has 1 atom stereocenters. The fraction of sp³-hybridized carbons (Fsp3) is 0.333. The zero-order chi connectivity index (χ0) is 15.5. The molecular weight excluding hydrogens is 278 g/mol. The molecule has 4 nitrogen and oxygen atoms in total. The number of nitrogens with zero attached hydrogens (tertiary/aromatic N) is 1. The molecule has 4 heteroatoms. The van der Waals surface area contributed by atoms with Crippen molar-refractivity contribution in [2.45, 2.75) is 25.9 Å². The SMILES string of the molecule is C[C@H](OC(=O)c1cccc2ccccc12)C(=O)N1CCCC1. The third kappa shape index (κ3) is 2.82. The lowest BCUT2D eigenvalue weighted by atomic mass is 10.0. The van der Waals surface area contributed by atoms with Gasteiger partial charge in [0.25, 0.3) is 5.91 Å². The van der Waals surface area contributed by atoms with Gasteiger partial charge in [0.05, 0.1) is 5.56 Å². The highest BCUT2D eigenvalue weighted by molar-refractivity contribution is 6.05. The van der Waals surface area contributed by atoms with Crippen molar-refractivity contribution in [1.82, 2.24) is 4.90 Å². The Labute approximate surface area is 129 Å². The summed E-state index contributed by atoms with van der Waals surface area (Å²) in [4.78, 5) is 26.4. The van der Waals surface area contributed by atoms with Crippen LogP contribution in [-0.2, 0) is 9.53 Å². The highest BCUT2D eigenvalue weighted by Crippen LogP contribution is 2.20. The molecule has 0 aliphatic carbocycles. The van der Waals surface area contributed by atoms with Gasteiger partial charge >= 0.3 is 5.97 Å². The zero-order valence-corrected chi connectivity index (χ0v) is 12.6. The summed E-state index contributed by atoms with van der Waals surface area (Å²) in [6.45, 7) is 3.16. The molecule has 2 aromatic rings. The number of carbonyl (C=O) groups is 2. The highest BCUT2D eigenvalue weighted by Gasteiger charge is 2.26. The summed E-state index contributed by atoms with van der Waals surface area (Å²) in [7, 11) is 0. The summed E-state index contributed by atoms with van der Waals surface area (Å²) in [5.41, 5.74) is 0.499. The number of hydrogen-bond acceptors (Lipinski definition) is 3. The van der Waals surface area contributed by atoms with E-state index in [9.17, 15) is 9.59 Å². The van der Waals surface area contributed by atoms with Crippen LogP contribution in [0.1, 0.15) is 30.1 Å². The van der Waals surface area contributed by atoms with Crippen LogP contribution in [0, 0.1) is 0 Å². The Morgan fingerprint density at radius 2 is 1.73 bits per heavy atom. The van der Waals surface area contributed by atoms with Gasteiger partial charge < -0.3 is 9.64 Å².